The summed E-state index contributed by atoms with van der Waals surface area (Å²) in [5, 5.41) is 4.08. The number of hydrogen-bond donors (Lipinski definition) is 1. The largest absolute Gasteiger partial charge is 0.384 e. The van der Waals surface area contributed by atoms with E-state index < -0.39 is 0 Å². The number of rotatable bonds is 4. The number of halogens is 2. The van der Waals surface area contributed by atoms with E-state index in [1.165, 1.54) is 0 Å². The summed E-state index contributed by atoms with van der Waals surface area (Å²) in [6.07, 6.45) is 1.16. The predicted molar refractivity (Wildman–Crippen MR) is 67.1 cm³/mol. The summed E-state index contributed by atoms with van der Waals surface area (Å²) in [5.41, 5.74) is 1.00. The molecule has 0 aliphatic rings. The van der Waals surface area contributed by atoms with Crippen molar-refractivity contribution in [3.05, 3.63) is 27.7 Å². The predicted octanol–water partition coefficient (Wildman–Crippen LogP) is 4.56. The van der Waals surface area contributed by atoms with E-state index in [9.17, 15) is 0 Å². The van der Waals surface area contributed by atoms with Crippen LogP contribution >= 0.6 is 27.5 Å². The number of nitrogens with one attached hydrogen (secondary N) is 1. The van der Waals surface area contributed by atoms with Crippen molar-refractivity contribution in [3.63, 3.8) is 0 Å². The van der Waals surface area contributed by atoms with Crippen LogP contribution in [0.1, 0.15) is 20.3 Å². The lowest BCUT2D eigenvalue weighted by Gasteiger charge is -2.10. The second kappa shape index (κ2) is 5.62. The monoisotopic (exact) mass is 275 g/mol. The molecule has 0 unspecified atom stereocenters. The molecule has 0 heterocycles. The Balaban J connectivity index is 2.54. The number of hydrogen-bond acceptors (Lipinski definition) is 1. The van der Waals surface area contributed by atoms with E-state index in [4.69, 9.17) is 11.6 Å². The molecule has 0 radical (unpaired) electrons. The highest BCUT2D eigenvalue weighted by Crippen LogP contribution is 2.29. The third-order valence-electron chi connectivity index (χ3n) is 1.99. The van der Waals surface area contributed by atoms with Gasteiger partial charge in [0.15, 0.2) is 0 Å². The number of benzene rings is 1. The minimum absolute atomic E-state index is 0.716. The van der Waals surface area contributed by atoms with Crippen molar-refractivity contribution in [1.82, 2.24) is 0 Å². The molecule has 0 aromatic heterocycles. The fourth-order valence-electron chi connectivity index (χ4n) is 1.14. The summed E-state index contributed by atoms with van der Waals surface area (Å²) in [7, 11) is 0. The first-order valence-electron chi connectivity index (χ1n) is 4.79. The SMILES string of the molecule is CC(C)CCNc1cccc(Br)c1Cl. The van der Waals surface area contributed by atoms with E-state index in [0.29, 0.717) is 5.92 Å². The van der Waals surface area contributed by atoms with E-state index in [-0.39, 0.29) is 0 Å². The molecule has 0 saturated carbocycles. The van der Waals surface area contributed by atoms with Crippen molar-refractivity contribution >= 4 is 33.2 Å². The van der Waals surface area contributed by atoms with Crippen molar-refractivity contribution in [2.24, 2.45) is 5.92 Å². The van der Waals surface area contributed by atoms with Crippen molar-refractivity contribution in [3.8, 4) is 0 Å². The molecule has 0 bridgehead atoms. The second-order valence-electron chi connectivity index (χ2n) is 3.71. The number of anilines is 1. The first-order chi connectivity index (χ1) is 6.61. The molecule has 3 heteroatoms. The minimum Gasteiger partial charge on any atom is -0.384 e. The van der Waals surface area contributed by atoms with Gasteiger partial charge < -0.3 is 5.32 Å². The molecule has 0 spiro atoms. The standard InChI is InChI=1S/C11H15BrClN/c1-8(2)6-7-14-10-5-3-4-9(12)11(10)13/h3-5,8,14H,6-7H2,1-2H3. The van der Waals surface area contributed by atoms with Crippen LogP contribution in [0.2, 0.25) is 5.02 Å². The lowest BCUT2D eigenvalue weighted by molar-refractivity contribution is 0.607. The maximum absolute atomic E-state index is 6.10. The summed E-state index contributed by atoms with van der Waals surface area (Å²) in [6, 6.07) is 5.91. The zero-order valence-corrected chi connectivity index (χ0v) is 10.8. The van der Waals surface area contributed by atoms with Gasteiger partial charge in [-0.25, -0.2) is 0 Å². The van der Waals surface area contributed by atoms with Crippen LogP contribution in [0.3, 0.4) is 0 Å². The van der Waals surface area contributed by atoms with Crippen molar-refractivity contribution < 1.29 is 0 Å². The van der Waals surface area contributed by atoms with Crippen LogP contribution in [0.15, 0.2) is 22.7 Å². The zero-order valence-electron chi connectivity index (χ0n) is 8.48. The molecule has 0 atom stereocenters. The van der Waals surface area contributed by atoms with Gasteiger partial charge in [0, 0.05) is 11.0 Å². The summed E-state index contributed by atoms with van der Waals surface area (Å²) >= 11 is 9.49. The summed E-state index contributed by atoms with van der Waals surface area (Å²) in [6.45, 7) is 5.39. The maximum Gasteiger partial charge on any atom is 0.0779 e. The van der Waals surface area contributed by atoms with Crippen molar-refractivity contribution in [2.75, 3.05) is 11.9 Å². The average Bonchev–Trinajstić information content (AvgIpc) is 2.12. The molecule has 78 valence electrons. The molecule has 0 saturated heterocycles. The quantitative estimate of drug-likeness (QED) is 0.850. The van der Waals surface area contributed by atoms with Gasteiger partial charge in [-0.3, -0.25) is 0 Å². The molecule has 0 aliphatic heterocycles. The fraction of sp³-hybridized carbons (Fsp3) is 0.455. The van der Waals surface area contributed by atoms with Gasteiger partial charge in [-0.1, -0.05) is 31.5 Å². The lowest BCUT2D eigenvalue weighted by atomic mass is 10.1. The van der Waals surface area contributed by atoms with Crippen LogP contribution in [0.25, 0.3) is 0 Å². The molecule has 14 heavy (non-hydrogen) atoms. The summed E-state index contributed by atoms with van der Waals surface area (Å²) in [5.74, 6) is 0.716. The molecular weight excluding hydrogens is 261 g/mol. The highest BCUT2D eigenvalue weighted by Gasteiger charge is 2.02. The Kier molecular flexibility index (Phi) is 4.76. The Morgan fingerprint density at radius 3 is 2.79 bits per heavy atom. The van der Waals surface area contributed by atoms with Gasteiger partial charge in [0.05, 0.1) is 10.7 Å². The van der Waals surface area contributed by atoms with Gasteiger partial charge in [-0.2, -0.15) is 0 Å². The molecule has 1 aromatic rings. The van der Waals surface area contributed by atoms with Crippen molar-refractivity contribution in [2.45, 2.75) is 20.3 Å². The van der Waals surface area contributed by atoms with Crippen LogP contribution in [-0.4, -0.2) is 6.54 Å². The van der Waals surface area contributed by atoms with Crippen LogP contribution in [0.4, 0.5) is 5.69 Å². The smallest absolute Gasteiger partial charge is 0.0779 e. The third kappa shape index (κ3) is 3.50. The Morgan fingerprint density at radius 1 is 1.43 bits per heavy atom. The Morgan fingerprint density at radius 2 is 2.14 bits per heavy atom. The Labute approximate surface area is 99.0 Å². The van der Waals surface area contributed by atoms with Gasteiger partial charge in [0.1, 0.15) is 0 Å². The fourth-order valence-corrected chi connectivity index (χ4v) is 1.69. The lowest BCUT2D eigenvalue weighted by Crippen LogP contribution is -2.05. The van der Waals surface area contributed by atoms with Crippen LogP contribution in [0, 0.1) is 5.92 Å². The Hall–Kier alpha value is -0.210. The molecule has 0 amide bonds. The second-order valence-corrected chi connectivity index (χ2v) is 4.94. The topological polar surface area (TPSA) is 12.0 Å². The van der Waals surface area contributed by atoms with Crippen LogP contribution in [0.5, 0.6) is 0 Å². The van der Waals surface area contributed by atoms with Crippen molar-refractivity contribution in [1.29, 1.82) is 0 Å². The highest BCUT2D eigenvalue weighted by atomic mass is 79.9. The van der Waals surface area contributed by atoms with Gasteiger partial charge >= 0.3 is 0 Å². The molecule has 1 nitrogen and oxygen atoms in total. The van der Waals surface area contributed by atoms with Gasteiger partial charge in [0.2, 0.25) is 0 Å². The van der Waals surface area contributed by atoms with E-state index >= 15 is 0 Å². The average molecular weight is 277 g/mol. The maximum atomic E-state index is 6.10. The van der Waals surface area contributed by atoms with Crippen LogP contribution in [-0.2, 0) is 0 Å². The summed E-state index contributed by atoms with van der Waals surface area (Å²) < 4.78 is 0.939. The van der Waals surface area contributed by atoms with E-state index in [1.807, 2.05) is 18.2 Å². The first-order valence-corrected chi connectivity index (χ1v) is 5.96. The normalized spacial score (nSPS) is 10.6. The summed E-state index contributed by atoms with van der Waals surface area (Å²) in [4.78, 5) is 0. The van der Waals surface area contributed by atoms with E-state index in [0.717, 1.165) is 28.1 Å². The molecule has 0 aliphatic carbocycles. The third-order valence-corrected chi connectivity index (χ3v) is 3.29. The highest BCUT2D eigenvalue weighted by molar-refractivity contribution is 9.10. The van der Waals surface area contributed by atoms with Crippen LogP contribution < -0.4 is 5.32 Å². The first kappa shape index (κ1) is 11.9. The molecule has 1 rings (SSSR count). The van der Waals surface area contributed by atoms with E-state index in [1.54, 1.807) is 0 Å². The molecule has 1 N–H and O–H groups in total. The van der Waals surface area contributed by atoms with Gasteiger partial charge in [-0.05, 0) is 40.4 Å². The van der Waals surface area contributed by atoms with Gasteiger partial charge in [0.25, 0.3) is 0 Å². The molecule has 0 fully saturated rings. The minimum atomic E-state index is 0.716. The molecular formula is C11H15BrClN. The van der Waals surface area contributed by atoms with Gasteiger partial charge in [-0.15, -0.1) is 0 Å². The van der Waals surface area contributed by atoms with E-state index in [2.05, 4.69) is 35.1 Å². The Bertz CT molecular complexity index is 299. The molecule has 1 aromatic carbocycles. The zero-order chi connectivity index (χ0) is 10.6.